The number of hydrogen-bond acceptors (Lipinski definition) is 1. The molecular weight excluding hydrogens is 975 g/mol. The Balaban J connectivity index is 0.000000143. The van der Waals surface area contributed by atoms with Crippen molar-refractivity contribution >= 4 is 136 Å². The summed E-state index contributed by atoms with van der Waals surface area (Å²) in [6.07, 6.45) is 1.07. The Hall–Kier alpha value is -2.34. The fourth-order valence-electron chi connectivity index (χ4n) is 5.32. The van der Waals surface area contributed by atoms with Crippen LogP contribution in [0.3, 0.4) is 0 Å². The van der Waals surface area contributed by atoms with Gasteiger partial charge in [0, 0.05) is 14.0 Å². The Kier molecular flexibility index (Phi) is 13.2. The first kappa shape index (κ1) is 36.4. The Morgan fingerprint density at radius 2 is 1.00 bits per heavy atom. The number of halogens is 5. The summed E-state index contributed by atoms with van der Waals surface area (Å²) in [5, 5.41) is 4.22. The van der Waals surface area contributed by atoms with Crippen molar-refractivity contribution in [2.24, 2.45) is 0 Å². The monoisotopic (exact) mass is 1000 g/mol. The average molecular weight is 1000 g/mol. The van der Waals surface area contributed by atoms with Crippen LogP contribution in [-0.4, -0.2) is 29.0 Å². The van der Waals surface area contributed by atoms with Crippen molar-refractivity contribution in [3.63, 3.8) is 0 Å². The van der Waals surface area contributed by atoms with E-state index in [0.717, 1.165) is 41.3 Å². The van der Waals surface area contributed by atoms with Gasteiger partial charge in [0.25, 0.3) is 0 Å². The molecule has 8 heteroatoms. The summed E-state index contributed by atoms with van der Waals surface area (Å²) in [5.41, 5.74) is 6.32. The number of fused-ring (bicyclic) bond motifs is 2. The van der Waals surface area contributed by atoms with Crippen molar-refractivity contribution < 1.29 is 0 Å². The maximum atomic E-state index is 6.32. The summed E-state index contributed by atoms with van der Waals surface area (Å²) < 4.78 is 5.90. The van der Waals surface area contributed by atoms with Crippen LogP contribution in [0.5, 0.6) is 0 Å². The topological polar surface area (TPSA) is 3.24 Å². The zero-order valence-electron chi connectivity index (χ0n) is 25.9. The number of rotatable bonds is 5. The molecule has 244 valence electrons. The van der Waals surface area contributed by atoms with Crippen LogP contribution in [0, 0.1) is 0 Å². The SMILES string of the molecule is Clc1cc(Br)cc(Br)c1.Clc1cc(Br)cc(N(c2ccccc2)c2c[se]c3ccccc23)c1.c1ccc(Cc2c[se]c3ccccc23)cc1. The van der Waals surface area contributed by atoms with Crippen molar-refractivity contribution in [3.8, 4) is 0 Å². The number of nitrogens with zero attached hydrogens (tertiary/aromatic N) is 1. The second kappa shape index (κ2) is 17.7. The van der Waals surface area contributed by atoms with Crippen LogP contribution in [-0.2, 0) is 6.42 Å². The molecule has 0 aliphatic rings. The van der Waals surface area contributed by atoms with Gasteiger partial charge in [0.05, 0.1) is 0 Å². The van der Waals surface area contributed by atoms with E-state index in [9.17, 15) is 0 Å². The van der Waals surface area contributed by atoms with E-state index in [0.29, 0.717) is 29.0 Å². The molecule has 0 N–H and O–H groups in total. The van der Waals surface area contributed by atoms with Gasteiger partial charge in [-0.15, -0.1) is 0 Å². The average Bonchev–Trinajstić information content (AvgIpc) is 3.70. The Bertz CT molecular complexity index is 2220. The third-order valence-electron chi connectivity index (χ3n) is 7.45. The van der Waals surface area contributed by atoms with E-state index in [1.165, 1.54) is 36.1 Å². The molecule has 0 amide bonds. The van der Waals surface area contributed by atoms with Crippen molar-refractivity contribution in [1.82, 2.24) is 0 Å². The van der Waals surface area contributed by atoms with E-state index < -0.39 is 0 Å². The van der Waals surface area contributed by atoms with Gasteiger partial charge in [-0.1, -0.05) is 43.5 Å². The first-order valence-corrected chi connectivity index (χ1v) is 22.0. The zero-order valence-corrected chi connectivity index (χ0v) is 35.6. The van der Waals surface area contributed by atoms with Crippen LogP contribution in [0.4, 0.5) is 17.1 Å². The van der Waals surface area contributed by atoms with Crippen LogP contribution < -0.4 is 4.90 Å². The molecule has 0 aliphatic carbocycles. The van der Waals surface area contributed by atoms with Gasteiger partial charge >= 0.3 is 262 Å². The first-order valence-electron chi connectivity index (χ1n) is 15.2. The van der Waals surface area contributed by atoms with Gasteiger partial charge in [0.15, 0.2) is 0 Å². The minimum absolute atomic E-state index is 0.356. The van der Waals surface area contributed by atoms with E-state index in [2.05, 4.69) is 172 Å². The van der Waals surface area contributed by atoms with Crippen molar-refractivity contribution in [1.29, 1.82) is 0 Å². The molecule has 0 aliphatic heterocycles. The number of hydrogen-bond donors (Lipinski definition) is 0. The summed E-state index contributed by atoms with van der Waals surface area (Å²) in [4.78, 5) is 7.05. The van der Waals surface area contributed by atoms with Crippen molar-refractivity contribution in [2.75, 3.05) is 4.90 Å². The molecule has 0 fully saturated rings. The van der Waals surface area contributed by atoms with Crippen LogP contribution in [0.1, 0.15) is 11.1 Å². The molecule has 8 rings (SSSR count). The predicted molar refractivity (Wildman–Crippen MR) is 225 cm³/mol. The summed E-state index contributed by atoms with van der Waals surface area (Å²) in [6.45, 7) is 0. The van der Waals surface area contributed by atoms with Gasteiger partial charge in [-0.3, -0.25) is 0 Å². The molecule has 0 spiro atoms. The van der Waals surface area contributed by atoms with Crippen molar-refractivity contribution in [3.05, 3.63) is 190 Å². The number of benzene rings is 6. The van der Waals surface area contributed by atoms with E-state index in [1.807, 2.05) is 36.4 Å². The van der Waals surface area contributed by atoms with Crippen LogP contribution in [0.15, 0.2) is 169 Å². The summed E-state index contributed by atoms with van der Waals surface area (Å²) >= 11 is 23.1. The molecule has 6 aromatic carbocycles. The molecule has 2 aromatic heterocycles. The van der Waals surface area contributed by atoms with Crippen LogP contribution in [0.2, 0.25) is 10.0 Å². The van der Waals surface area contributed by atoms with Gasteiger partial charge in [-0.2, -0.15) is 0 Å². The summed E-state index contributed by atoms with van der Waals surface area (Å²) in [7, 11) is 0. The fraction of sp³-hybridized carbons (Fsp3) is 0.0244. The zero-order chi connectivity index (χ0) is 34.2. The third kappa shape index (κ3) is 9.92. The molecule has 0 saturated carbocycles. The molecular formula is C41H28Br3Cl2NSe2. The molecule has 8 aromatic rings. The Morgan fingerprint density at radius 1 is 0.490 bits per heavy atom. The molecule has 49 heavy (non-hydrogen) atoms. The van der Waals surface area contributed by atoms with Crippen LogP contribution in [0.25, 0.3) is 19.3 Å². The Labute approximate surface area is 334 Å². The standard InChI is InChI=1S/C20H13BrClNSe.C15H12Se.C6H3Br2Cl/c21-14-10-15(22)12-17(11-14)23(16-6-2-1-3-7-16)19-13-24-20-9-5-4-8-18(19)20;1-2-6-12(7-3-1)10-13-11-16-15-9-5-4-8-14(13)15;7-4-1-5(8)3-6(9)2-4/h1-13H;1-9,11H,10H2;1-3H. The molecule has 2 heterocycles. The molecule has 0 atom stereocenters. The van der Waals surface area contributed by atoms with E-state index in [4.69, 9.17) is 23.2 Å². The van der Waals surface area contributed by atoms with Gasteiger partial charge in [0.2, 0.25) is 0 Å². The quantitative estimate of drug-likeness (QED) is 0.155. The molecule has 0 unspecified atom stereocenters. The Morgan fingerprint density at radius 3 is 1.63 bits per heavy atom. The van der Waals surface area contributed by atoms with Gasteiger partial charge in [0.1, 0.15) is 0 Å². The number of anilines is 3. The first-order chi connectivity index (χ1) is 23.8. The predicted octanol–water partition coefficient (Wildman–Crippen LogP) is 14.1. The second-order valence-corrected chi connectivity index (χ2v) is 18.4. The van der Waals surface area contributed by atoms with E-state index >= 15 is 0 Å². The molecule has 0 bridgehead atoms. The third-order valence-corrected chi connectivity index (χ3v) is 13.4. The maximum absolute atomic E-state index is 6.32. The fourth-order valence-corrected chi connectivity index (χ4v) is 11.9. The molecule has 0 radical (unpaired) electrons. The van der Waals surface area contributed by atoms with Gasteiger partial charge < -0.3 is 0 Å². The normalized spacial score (nSPS) is 10.6. The molecule has 0 saturated heterocycles. The second-order valence-electron chi connectivity index (χ2n) is 10.9. The van der Waals surface area contributed by atoms with Crippen LogP contribution >= 0.6 is 71.0 Å². The summed E-state index contributed by atoms with van der Waals surface area (Å²) in [5.74, 6) is 0. The number of para-hydroxylation sites is 1. The van der Waals surface area contributed by atoms with E-state index in [1.54, 1.807) is 0 Å². The van der Waals surface area contributed by atoms with Gasteiger partial charge in [-0.05, 0) is 18.2 Å². The van der Waals surface area contributed by atoms with Crippen molar-refractivity contribution in [2.45, 2.75) is 6.42 Å². The van der Waals surface area contributed by atoms with Gasteiger partial charge in [-0.25, -0.2) is 0 Å². The van der Waals surface area contributed by atoms with E-state index in [-0.39, 0.29) is 0 Å². The molecule has 1 nitrogen and oxygen atoms in total. The summed E-state index contributed by atoms with van der Waals surface area (Å²) in [6, 6.07) is 50.2. The minimum atomic E-state index is 0.356.